The third kappa shape index (κ3) is 1.43. The number of rotatable bonds is 2. The summed E-state index contributed by atoms with van der Waals surface area (Å²) in [5.74, 6) is 0.247. The number of sulfone groups is 1. The summed E-state index contributed by atoms with van der Waals surface area (Å²) in [4.78, 5) is 15.1. The fraction of sp³-hybridized carbons (Fsp3) is 0.125. The number of H-pyrrole nitrogens is 1. The van der Waals surface area contributed by atoms with E-state index in [9.17, 15) is 13.2 Å². The van der Waals surface area contributed by atoms with Gasteiger partial charge in [-0.15, -0.1) is 0 Å². The van der Waals surface area contributed by atoms with Gasteiger partial charge >= 0.3 is 5.69 Å². The van der Waals surface area contributed by atoms with Gasteiger partial charge in [0.05, 0.1) is 0 Å². The third-order valence-electron chi connectivity index (χ3n) is 2.06. The molecule has 0 radical (unpaired) electrons. The van der Waals surface area contributed by atoms with Gasteiger partial charge in [-0.2, -0.15) is 5.10 Å². The zero-order chi connectivity index (χ0) is 11.9. The summed E-state index contributed by atoms with van der Waals surface area (Å²) in [6, 6.07) is 1.21. The van der Waals surface area contributed by atoms with Crippen molar-refractivity contribution in [2.24, 2.45) is 0 Å². The fourth-order valence-corrected chi connectivity index (χ4v) is 2.00. The number of aryl methyl sites for hydroxylation is 1. The minimum absolute atomic E-state index is 0.175. The predicted molar refractivity (Wildman–Crippen MR) is 55.7 cm³/mol. The summed E-state index contributed by atoms with van der Waals surface area (Å²) < 4.78 is 24.2. The van der Waals surface area contributed by atoms with Crippen LogP contribution in [0, 0.1) is 6.92 Å². The number of aromatic nitrogens is 4. The molecule has 0 aliphatic carbocycles. The average Bonchev–Trinajstić information content (AvgIpc) is 2.61. The molecular formula is C8H8N4O3S. The molecule has 8 heteroatoms. The van der Waals surface area contributed by atoms with Crippen molar-refractivity contribution in [3.8, 4) is 0 Å². The van der Waals surface area contributed by atoms with Crippen LogP contribution in [-0.4, -0.2) is 28.0 Å². The van der Waals surface area contributed by atoms with E-state index in [4.69, 9.17) is 0 Å². The molecule has 2 aromatic heterocycles. The second-order valence-electron chi connectivity index (χ2n) is 3.08. The summed E-state index contributed by atoms with van der Waals surface area (Å²) in [7, 11) is -3.62. The average molecular weight is 240 g/mol. The molecule has 0 aliphatic heterocycles. The summed E-state index contributed by atoms with van der Waals surface area (Å²) in [6.45, 7) is 4.72. The van der Waals surface area contributed by atoms with Gasteiger partial charge in [0.2, 0.25) is 9.84 Å². The Morgan fingerprint density at radius 1 is 1.56 bits per heavy atom. The van der Waals surface area contributed by atoms with E-state index >= 15 is 0 Å². The zero-order valence-electron chi connectivity index (χ0n) is 8.34. The lowest BCUT2D eigenvalue weighted by molar-refractivity contribution is 0.600. The third-order valence-corrected chi connectivity index (χ3v) is 3.29. The minimum Gasteiger partial charge on any atom is -0.246 e. The predicted octanol–water partition coefficient (Wildman–Crippen LogP) is -0.357. The Balaban J connectivity index is 2.88. The SMILES string of the molecule is C=CS(=O)(=O)c1cc2n[nH]c(=O)n2c(C)n1. The highest BCUT2D eigenvalue weighted by Crippen LogP contribution is 2.11. The number of hydrogen-bond acceptors (Lipinski definition) is 5. The van der Waals surface area contributed by atoms with Crippen molar-refractivity contribution in [2.45, 2.75) is 11.9 Å². The van der Waals surface area contributed by atoms with Crippen molar-refractivity contribution in [1.82, 2.24) is 19.6 Å². The number of hydrogen-bond donors (Lipinski definition) is 1. The molecule has 1 N–H and O–H groups in total. The monoisotopic (exact) mass is 240 g/mol. The van der Waals surface area contributed by atoms with Crippen molar-refractivity contribution >= 4 is 15.5 Å². The summed E-state index contributed by atoms with van der Waals surface area (Å²) >= 11 is 0. The van der Waals surface area contributed by atoms with Crippen LogP contribution in [0.1, 0.15) is 5.82 Å². The van der Waals surface area contributed by atoms with Gasteiger partial charge in [0.15, 0.2) is 10.7 Å². The van der Waals surface area contributed by atoms with Crippen molar-refractivity contribution in [3.05, 3.63) is 34.4 Å². The quantitative estimate of drug-likeness (QED) is 0.723. The van der Waals surface area contributed by atoms with Crippen LogP contribution in [0.3, 0.4) is 0 Å². The van der Waals surface area contributed by atoms with E-state index in [1.165, 1.54) is 17.4 Å². The number of nitrogens with zero attached hydrogens (tertiary/aromatic N) is 3. The van der Waals surface area contributed by atoms with Gasteiger partial charge in [0, 0.05) is 11.5 Å². The molecule has 0 amide bonds. The van der Waals surface area contributed by atoms with Crippen LogP contribution in [0.5, 0.6) is 0 Å². The molecule has 0 aromatic carbocycles. The molecule has 0 aliphatic rings. The number of aromatic amines is 1. The normalized spacial score (nSPS) is 11.8. The van der Waals surface area contributed by atoms with E-state index in [1.54, 1.807) is 0 Å². The number of nitrogens with one attached hydrogen (secondary N) is 1. The first kappa shape index (κ1) is 10.6. The Hall–Kier alpha value is -1.96. The van der Waals surface area contributed by atoms with E-state index in [-0.39, 0.29) is 16.5 Å². The van der Waals surface area contributed by atoms with Gasteiger partial charge in [-0.05, 0) is 6.92 Å². The van der Waals surface area contributed by atoms with E-state index in [0.29, 0.717) is 0 Å². The van der Waals surface area contributed by atoms with Crippen LogP contribution < -0.4 is 5.69 Å². The van der Waals surface area contributed by atoms with Crippen molar-refractivity contribution in [2.75, 3.05) is 0 Å². The highest BCUT2D eigenvalue weighted by atomic mass is 32.2. The standard InChI is InChI=1S/C8H8N4O3S/c1-3-16(14,15)7-4-6-10-11-8(13)12(6)5(2)9-7/h3-4H,1H2,2H3,(H,11,13). The van der Waals surface area contributed by atoms with Crippen LogP contribution in [0.4, 0.5) is 0 Å². The molecule has 0 spiro atoms. The maximum absolute atomic E-state index is 11.5. The fourth-order valence-electron chi connectivity index (χ4n) is 1.30. The molecule has 0 saturated heterocycles. The zero-order valence-corrected chi connectivity index (χ0v) is 9.15. The molecule has 84 valence electrons. The van der Waals surface area contributed by atoms with Crippen LogP contribution >= 0.6 is 0 Å². The second-order valence-corrected chi connectivity index (χ2v) is 4.92. The summed E-state index contributed by atoms with van der Waals surface area (Å²) in [6.07, 6.45) is 0. The molecule has 0 atom stereocenters. The lowest BCUT2D eigenvalue weighted by atomic mass is 10.5. The lowest BCUT2D eigenvalue weighted by Gasteiger charge is -2.01. The van der Waals surface area contributed by atoms with Gasteiger partial charge < -0.3 is 0 Å². The van der Waals surface area contributed by atoms with Crippen LogP contribution in [0.2, 0.25) is 0 Å². The van der Waals surface area contributed by atoms with Crippen LogP contribution in [0.25, 0.3) is 5.65 Å². The molecule has 16 heavy (non-hydrogen) atoms. The maximum Gasteiger partial charge on any atom is 0.349 e. The minimum atomic E-state index is -3.62. The van der Waals surface area contributed by atoms with Crippen LogP contribution in [0.15, 0.2) is 27.9 Å². The van der Waals surface area contributed by atoms with Crippen molar-refractivity contribution in [3.63, 3.8) is 0 Å². The Morgan fingerprint density at radius 3 is 2.88 bits per heavy atom. The van der Waals surface area contributed by atoms with Gasteiger partial charge in [-0.25, -0.2) is 27.7 Å². The molecule has 0 unspecified atom stereocenters. The van der Waals surface area contributed by atoms with Crippen molar-refractivity contribution in [1.29, 1.82) is 0 Å². The topological polar surface area (TPSA) is 97.2 Å². The smallest absolute Gasteiger partial charge is 0.246 e. The highest BCUT2D eigenvalue weighted by Gasteiger charge is 2.15. The highest BCUT2D eigenvalue weighted by molar-refractivity contribution is 7.94. The Bertz CT molecular complexity index is 725. The Labute approximate surface area is 90.4 Å². The first-order chi connectivity index (χ1) is 7.45. The van der Waals surface area contributed by atoms with Crippen LogP contribution in [-0.2, 0) is 9.84 Å². The van der Waals surface area contributed by atoms with E-state index in [1.807, 2.05) is 0 Å². The maximum atomic E-state index is 11.5. The molecule has 2 rings (SSSR count). The molecule has 0 fully saturated rings. The van der Waals surface area contributed by atoms with Gasteiger partial charge in [-0.1, -0.05) is 6.58 Å². The van der Waals surface area contributed by atoms with Crippen molar-refractivity contribution < 1.29 is 8.42 Å². The first-order valence-electron chi connectivity index (χ1n) is 4.28. The van der Waals surface area contributed by atoms with E-state index in [0.717, 1.165) is 5.41 Å². The first-order valence-corrected chi connectivity index (χ1v) is 5.82. The molecule has 0 saturated carbocycles. The Morgan fingerprint density at radius 2 is 2.25 bits per heavy atom. The van der Waals surface area contributed by atoms with Gasteiger partial charge in [0.25, 0.3) is 0 Å². The number of fused-ring (bicyclic) bond motifs is 1. The molecular weight excluding hydrogens is 232 g/mol. The molecule has 0 bridgehead atoms. The van der Waals surface area contributed by atoms with Gasteiger partial charge in [-0.3, -0.25) is 0 Å². The molecule has 2 aromatic rings. The van der Waals surface area contributed by atoms with Gasteiger partial charge in [0.1, 0.15) is 5.82 Å². The lowest BCUT2D eigenvalue weighted by Crippen LogP contribution is -2.14. The molecule has 2 heterocycles. The van der Waals surface area contributed by atoms with E-state index < -0.39 is 15.5 Å². The summed E-state index contributed by atoms with van der Waals surface area (Å²) in [5.41, 5.74) is -0.250. The summed E-state index contributed by atoms with van der Waals surface area (Å²) in [5, 5.41) is 6.51. The Kier molecular flexibility index (Phi) is 2.16. The molecule has 7 nitrogen and oxygen atoms in total. The van der Waals surface area contributed by atoms with E-state index in [2.05, 4.69) is 21.8 Å². The second kappa shape index (κ2) is 3.27. The largest absolute Gasteiger partial charge is 0.349 e.